The van der Waals surface area contributed by atoms with Crippen molar-refractivity contribution in [3.63, 3.8) is 0 Å². The molecular weight excluding hydrogens is 192 g/mol. The average molecular weight is 203 g/mol. The Bertz CT molecular complexity index is 291. The second kappa shape index (κ2) is 5.50. The molecule has 0 amide bonds. The van der Waals surface area contributed by atoms with Crippen molar-refractivity contribution in [3.8, 4) is 5.75 Å². The van der Waals surface area contributed by atoms with Crippen molar-refractivity contribution in [2.45, 2.75) is 0 Å². The van der Waals surface area contributed by atoms with Crippen LogP contribution in [0.1, 0.15) is 10.4 Å². The first-order chi connectivity index (χ1) is 5.77. The Kier molecular flexibility index (Phi) is 5.03. The van der Waals surface area contributed by atoms with Crippen LogP contribution in [0.15, 0.2) is 18.5 Å². The molecule has 0 radical (unpaired) electrons. The molecule has 1 aromatic rings. The van der Waals surface area contributed by atoms with Crippen molar-refractivity contribution in [3.05, 3.63) is 24.0 Å². The van der Waals surface area contributed by atoms with E-state index in [1.54, 1.807) is 6.07 Å². The second-order valence-electron chi connectivity index (χ2n) is 2.24. The van der Waals surface area contributed by atoms with Gasteiger partial charge < -0.3 is 10.5 Å². The lowest BCUT2D eigenvalue weighted by molar-refractivity contribution is 0.100. The van der Waals surface area contributed by atoms with Gasteiger partial charge in [0.25, 0.3) is 0 Å². The van der Waals surface area contributed by atoms with Crippen LogP contribution in [0.5, 0.6) is 5.75 Å². The van der Waals surface area contributed by atoms with E-state index in [0.717, 1.165) is 0 Å². The maximum atomic E-state index is 11.1. The first-order valence-electron chi connectivity index (χ1n) is 3.50. The molecule has 0 fully saturated rings. The molecule has 5 heteroatoms. The maximum Gasteiger partial charge on any atom is 0.178 e. The van der Waals surface area contributed by atoms with Crippen molar-refractivity contribution in [1.29, 1.82) is 0 Å². The number of hydrogen-bond acceptors (Lipinski definition) is 4. The van der Waals surface area contributed by atoms with Gasteiger partial charge in [-0.3, -0.25) is 9.78 Å². The number of carbonyl (C=O) groups excluding carboxylic acids is 1. The maximum absolute atomic E-state index is 11.1. The molecule has 0 atom stereocenters. The minimum atomic E-state index is -0.138. The number of Topliss-reactive ketones (excluding diaryl/α,β-unsaturated/α-hetero) is 1. The molecule has 0 saturated carbocycles. The third kappa shape index (κ3) is 3.01. The summed E-state index contributed by atoms with van der Waals surface area (Å²) < 4.78 is 4.89. The average Bonchev–Trinajstić information content (AvgIpc) is 2.17. The van der Waals surface area contributed by atoms with Crippen LogP contribution in [-0.2, 0) is 0 Å². The minimum absolute atomic E-state index is 0. The van der Waals surface area contributed by atoms with Crippen LogP contribution in [0.25, 0.3) is 0 Å². The number of ketones is 1. The van der Waals surface area contributed by atoms with E-state index in [-0.39, 0.29) is 24.7 Å². The Balaban J connectivity index is 0.00000144. The fraction of sp³-hybridized carbons (Fsp3) is 0.250. The molecule has 72 valence electrons. The molecule has 0 saturated heterocycles. The number of aromatic nitrogens is 1. The monoisotopic (exact) mass is 202 g/mol. The molecule has 13 heavy (non-hydrogen) atoms. The fourth-order valence-corrected chi connectivity index (χ4v) is 0.801. The van der Waals surface area contributed by atoms with Crippen LogP contribution in [0.3, 0.4) is 0 Å². The van der Waals surface area contributed by atoms with Gasteiger partial charge in [-0.25, -0.2) is 0 Å². The summed E-state index contributed by atoms with van der Waals surface area (Å²) in [6.07, 6.45) is 3.00. The lowest BCUT2D eigenvalue weighted by atomic mass is 10.2. The van der Waals surface area contributed by atoms with Gasteiger partial charge in [0.05, 0.1) is 19.9 Å². The minimum Gasteiger partial charge on any atom is -0.495 e. The molecule has 1 heterocycles. The summed E-state index contributed by atoms with van der Waals surface area (Å²) in [4.78, 5) is 14.9. The third-order valence-corrected chi connectivity index (χ3v) is 1.46. The zero-order valence-electron chi connectivity index (χ0n) is 7.19. The van der Waals surface area contributed by atoms with E-state index in [9.17, 15) is 4.79 Å². The van der Waals surface area contributed by atoms with Crippen molar-refractivity contribution < 1.29 is 9.53 Å². The Morgan fingerprint density at radius 3 is 2.85 bits per heavy atom. The standard InChI is InChI=1S/C8H10N2O2.ClH/c1-12-7-2-6(4-10-5-7)8(11)3-9;/h2,4-5H,3,9H2,1H3;1H. The number of carbonyl (C=O) groups is 1. The lowest BCUT2D eigenvalue weighted by Crippen LogP contribution is -2.13. The van der Waals surface area contributed by atoms with Gasteiger partial charge in [-0.1, -0.05) is 0 Å². The number of nitrogens with two attached hydrogens (primary N) is 1. The molecule has 0 bridgehead atoms. The molecular formula is C8H11ClN2O2. The van der Waals surface area contributed by atoms with Crippen molar-refractivity contribution >= 4 is 18.2 Å². The molecule has 0 spiro atoms. The van der Waals surface area contributed by atoms with Crippen LogP contribution in [0.2, 0.25) is 0 Å². The van der Waals surface area contributed by atoms with E-state index in [2.05, 4.69) is 4.98 Å². The first kappa shape index (κ1) is 11.9. The molecule has 0 aromatic carbocycles. The van der Waals surface area contributed by atoms with Crippen LogP contribution < -0.4 is 10.5 Å². The van der Waals surface area contributed by atoms with Gasteiger partial charge in [-0.05, 0) is 6.07 Å². The van der Waals surface area contributed by atoms with E-state index < -0.39 is 0 Å². The first-order valence-corrected chi connectivity index (χ1v) is 3.50. The topological polar surface area (TPSA) is 65.2 Å². The summed E-state index contributed by atoms with van der Waals surface area (Å²) in [5, 5.41) is 0. The summed E-state index contributed by atoms with van der Waals surface area (Å²) in [7, 11) is 1.52. The molecule has 0 aliphatic carbocycles. The Hall–Kier alpha value is -1.13. The second-order valence-corrected chi connectivity index (χ2v) is 2.24. The smallest absolute Gasteiger partial charge is 0.178 e. The number of rotatable bonds is 3. The molecule has 1 aromatic heterocycles. The van der Waals surface area contributed by atoms with Gasteiger partial charge in [0.2, 0.25) is 0 Å². The zero-order chi connectivity index (χ0) is 8.97. The highest BCUT2D eigenvalue weighted by atomic mass is 35.5. The number of hydrogen-bond donors (Lipinski definition) is 1. The predicted octanol–water partition coefficient (Wildman–Crippen LogP) is 0.653. The molecule has 0 aliphatic heterocycles. The van der Waals surface area contributed by atoms with Gasteiger partial charge >= 0.3 is 0 Å². The molecule has 1 rings (SSSR count). The summed E-state index contributed by atoms with van der Waals surface area (Å²) >= 11 is 0. The van der Waals surface area contributed by atoms with E-state index >= 15 is 0 Å². The molecule has 0 unspecified atom stereocenters. The fourth-order valence-electron chi connectivity index (χ4n) is 0.801. The molecule has 0 aliphatic rings. The Labute approximate surface area is 82.5 Å². The quantitative estimate of drug-likeness (QED) is 0.732. The predicted molar refractivity (Wildman–Crippen MR) is 51.4 cm³/mol. The van der Waals surface area contributed by atoms with Gasteiger partial charge in [-0.15, -0.1) is 12.4 Å². The summed E-state index contributed by atoms with van der Waals surface area (Å²) in [6.45, 7) is -0.00511. The van der Waals surface area contributed by atoms with Crippen molar-refractivity contribution in [1.82, 2.24) is 4.98 Å². The Morgan fingerprint density at radius 1 is 1.62 bits per heavy atom. The Morgan fingerprint density at radius 2 is 2.31 bits per heavy atom. The van der Waals surface area contributed by atoms with E-state index in [0.29, 0.717) is 11.3 Å². The highest BCUT2D eigenvalue weighted by Gasteiger charge is 2.03. The SMILES string of the molecule is COc1cncc(C(=O)CN)c1.Cl. The van der Waals surface area contributed by atoms with Crippen molar-refractivity contribution in [2.24, 2.45) is 5.73 Å². The normalized spacial score (nSPS) is 8.77. The highest BCUT2D eigenvalue weighted by Crippen LogP contribution is 2.09. The number of nitrogens with zero attached hydrogens (tertiary/aromatic N) is 1. The number of methoxy groups -OCH3 is 1. The third-order valence-electron chi connectivity index (χ3n) is 1.46. The lowest BCUT2D eigenvalue weighted by Gasteiger charge is -2.00. The van der Waals surface area contributed by atoms with E-state index in [1.807, 2.05) is 0 Å². The van der Waals surface area contributed by atoms with Crippen molar-refractivity contribution in [2.75, 3.05) is 13.7 Å². The summed E-state index contributed by atoms with van der Waals surface area (Å²) in [5.41, 5.74) is 5.66. The van der Waals surface area contributed by atoms with Gasteiger partial charge in [0.15, 0.2) is 5.78 Å². The molecule has 4 nitrogen and oxygen atoms in total. The number of halogens is 1. The zero-order valence-corrected chi connectivity index (χ0v) is 8.00. The summed E-state index contributed by atoms with van der Waals surface area (Å²) in [5.74, 6) is 0.427. The highest BCUT2D eigenvalue weighted by molar-refractivity contribution is 5.97. The van der Waals surface area contributed by atoms with Gasteiger partial charge in [0, 0.05) is 11.8 Å². The van der Waals surface area contributed by atoms with Crippen LogP contribution in [0, 0.1) is 0 Å². The number of ether oxygens (including phenoxy) is 1. The van der Waals surface area contributed by atoms with E-state index in [1.165, 1.54) is 19.5 Å². The largest absolute Gasteiger partial charge is 0.495 e. The van der Waals surface area contributed by atoms with Crippen LogP contribution in [-0.4, -0.2) is 24.4 Å². The molecule has 2 N–H and O–H groups in total. The van der Waals surface area contributed by atoms with Crippen LogP contribution in [0.4, 0.5) is 0 Å². The summed E-state index contributed by atoms with van der Waals surface area (Å²) in [6, 6.07) is 1.61. The van der Waals surface area contributed by atoms with Gasteiger partial charge in [0.1, 0.15) is 5.75 Å². The van der Waals surface area contributed by atoms with Crippen LogP contribution >= 0.6 is 12.4 Å². The van der Waals surface area contributed by atoms with E-state index in [4.69, 9.17) is 10.5 Å². The number of pyridine rings is 1. The van der Waals surface area contributed by atoms with Gasteiger partial charge in [-0.2, -0.15) is 0 Å².